The van der Waals surface area contributed by atoms with Gasteiger partial charge in [0.05, 0.1) is 5.92 Å². The molecule has 1 unspecified atom stereocenters. The summed E-state index contributed by atoms with van der Waals surface area (Å²) >= 11 is 5.92. The standard InChI is InChI=1S/C14H17ClN2O2/c1-2-6-16-14(19)10-7-13(18)17(9-10)12-5-3-4-11(15)8-12/h3-5,8,10H,2,6-7,9H2,1H3,(H,16,19). The van der Waals surface area contributed by atoms with Crippen molar-refractivity contribution in [2.75, 3.05) is 18.0 Å². The molecule has 19 heavy (non-hydrogen) atoms. The van der Waals surface area contributed by atoms with Gasteiger partial charge in [0, 0.05) is 30.2 Å². The lowest BCUT2D eigenvalue weighted by atomic mass is 10.1. The van der Waals surface area contributed by atoms with Crippen molar-refractivity contribution in [1.29, 1.82) is 0 Å². The molecule has 1 saturated heterocycles. The molecule has 1 fully saturated rings. The van der Waals surface area contributed by atoms with Crippen LogP contribution in [0.5, 0.6) is 0 Å². The number of carbonyl (C=O) groups is 2. The third-order valence-electron chi connectivity index (χ3n) is 3.16. The van der Waals surface area contributed by atoms with Crippen LogP contribution in [0.1, 0.15) is 19.8 Å². The van der Waals surface area contributed by atoms with Gasteiger partial charge in [0.15, 0.2) is 0 Å². The maximum Gasteiger partial charge on any atom is 0.227 e. The van der Waals surface area contributed by atoms with Gasteiger partial charge in [0.25, 0.3) is 0 Å². The summed E-state index contributed by atoms with van der Waals surface area (Å²) < 4.78 is 0. The Morgan fingerprint density at radius 1 is 1.53 bits per heavy atom. The maximum atomic E-state index is 12.0. The van der Waals surface area contributed by atoms with E-state index in [-0.39, 0.29) is 24.2 Å². The smallest absolute Gasteiger partial charge is 0.227 e. The number of nitrogens with zero attached hydrogens (tertiary/aromatic N) is 1. The van der Waals surface area contributed by atoms with Gasteiger partial charge in [0.1, 0.15) is 0 Å². The molecule has 1 aromatic carbocycles. The summed E-state index contributed by atoms with van der Waals surface area (Å²) in [4.78, 5) is 25.5. The van der Waals surface area contributed by atoms with Gasteiger partial charge in [-0.3, -0.25) is 9.59 Å². The van der Waals surface area contributed by atoms with Gasteiger partial charge >= 0.3 is 0 Å². The quantitative estimate of drug-likeness (QED) is 0.919. The third-order valence-corrected chi connectivity index (χ3v) is 3.40. The van der Waals surface area contributed by atoms with Crippen molar-refractivity contribution in [3.63, 3.8) is 0 Å². The molecule has 0 spiro atoms. The molecule has 5 heteroatoms. The van der Waals surface area contributed by atoms with Gasteiger partial charge in [-0.05, 0) is 24.6 Å². The van der Waals surface area contributed by atoms with Gasteiger partial charge in [-0.2, -0.15) is 0 Å². The van der Waals surface area contributed by atoms with Crippen LogP contribution in [0, 0.1) is 5.92 Å². The first-order chi connectivity index (χ1) is 9.11. The zero-order valence-corrected chi connectivity index (χ0v) is 11.6. The first kappa shape index (κ1) is 13.9. The largest absolute Gasteiger partial charge is 0.356 e. The molecular weight excluding hydrogens is 264 g/mol. The predicted octanol–water partition coefficient (Wildman–Crippen LogP) is 2.22. The molecule has 1 N–H and O–H groups in total. The second kappa shape index (κ2) is 6.06. The summed E-state index contributed by atoms with van der Waals surface area (Å²) in [6.07, 6.45) is 1.16. The van der Waals surface area contributed by atoms with Gasteiger partial charge in [-0.1, -0.05) is 24.6 Å². The van der Waals surface area contributed by atoms with Crippen LogP contribution >= 0.6 is 11.6 Å². The van der Waals surface area contributed by atoms with E-state index in [1.165, 1.54) is 0 Å². The minimum Gasteiger partial charge on any atom is -0.356 e. The van der Waals surface area contributed by atoms with E-state index in [1.54, 1.807) is 23.1 Å². The SMILES string of the molecule is CCCNC(=O)C1CC(=O)N(c2cccc(Cl)c2)C1. The minimum atomic E-state index is -0.266. The third kappa shape index (κ3) is 3.26. The number of benzene rings is 1. The number of rotatable bonds is 4. The maximum absolute atomic E-state index is 12.0. The van der Waals surface area contributed by atoms with Gasteiger partial charge in [0.2, 0.25) is 11.8 Å². The Labute approximate surface area is 117 Å². The first-order valence-electron chi connectivity index (χ1n) is 6.45. The molecular formula is C14H17ClN2O2. The number of hydrogen-bond acceptors (Lipinski definition) is 2. The second-order valence-corrected chi connectivity index (χ2v) is 5.11. The fourth-order valence-corrected chi connectivity index (χ4v) is 2.35. The predicted molar refractivity (Wildman–Crippen MR) is 75.2 cm³/mol. The van der Waals surface area contributed by atoms with Crippen LogP contribution in [0.2, 0.25) is 5.02 Å². The van der Waals surface area contributed by atoms with E-state index in [4.69, 9.17) is 11.6 Å². The number of nitrogens with one attached hydrogen (secondary N) is 1. The Morgan fingerprint density at radius 2 is 2.32 bits per heavy atom. The van der Waals surface area contributed by atoms with E-state index in [1.807, 2.05) is 13.0 Å². The fraction of sp³-hybridized carbons (Fsp3) is 0.429. The molecule has 1 aromatic rings. The van der Waals surface area contributed by atoms with Crippen LogP contribution in [0.3, 0.4) is 0 Å². The number of anilines is 1. The molecule has 1 aliphatic rings. The van der Waals surface area contributed by atoms with Gasteiger partial charge in [-0.25, -0.2) is 0 Å². The summed E-state index contributed by atoms with van der Waals surface area (Å²) in [5.41, 5.74) is 0.753. The molecule has 1 heterocycles. The summed E-state index contributed by atoms with van der Waals surface area (Å²) in [6.45, 7) is 3.08. The highest BCUT2D eigenvalue weighted by Crippen LogP contribution is 2.27. The van der Waals surface area contributed by atoms with Gasteiger partial charge < -0.3 is 10.2 Å². The highest BCUT2D eigenvalue weighted by atomic mass is 35.5. The number of halogens is 1. The molecule has 0 bridgehead atoms. The number of amides is 2. The molecule has 1 atom stereocenters. The second-order valence-electron chi connectivity index (χ2n) is 4.68. The van der Waals surface area contributed by atoms with Crippen LogP contribution in [-0.2, 0) is 9.59 Å². The van der Waals surface area contributed by atoms with Crippen molar-refractivity contribution < 1.29 is 9.59 Å². The van der Waals surface area contributed by atoms with Gasteiger partial charge in [-0.15, -0.1) is 0 Å². The van der Waals surface area contributed by atoms with E-state index in [2.05, 4.69) is 5.32 Å². The van der Waals surface area contributed by atoms with Crippen LogP contribution in [-0.4, -0.2) is 24.9 Å². The summed E-state index contributed by atoms with van der Waals surface area (Å²) in [7, 11) is 0. The monoisotopic (exact) mass is 280 g/mol. The summed E-state index contributed by atoms with van der Waals surface area (Å²) in [6, 6.07) is 7.13. The van der Waals surface area contributed by atoms with Crippen molar-refractivity contribution in [2.24, 2.45) is 5.92 Å². The summed E-state index contributed by atoms with van der Waals surface area (Å²) in [5, 5.41) is 3.42. The normalized spacial score (nSPS) is 18.7. The first-order valence-corrected chi connectivity index (χ1v) is 6.83. The zero-order chi connectivity index (χ0) is 13.8. The molecule has 102 valence electrons. The molecule has 4 nitrogen and oxygen atoms in total. The fourth-order valence-electron chi connectivity index (χ4n) is 2.17. The van der Waals surface area contributed by atoms with Crippen molar-refractivity contribution in [1.82, 2.24) is 5.32 Å². The number of hydrogen-bond donors (Lipinski definition) is 1. The highest BCUT2D eigenvalue weighted by molar-refractivity contribution is 6.30. The molecule has 0 aromatic heterocycles. The van der Waals surface area contributed by atoms with E-state index < -0.39 is 0 Å². The Morgan fingerprint density at radius 3 is 3.00 bits per heavy atom. The lowest BCUT2D eigenvalue weighted by molar-refractivity contribution is -0.126. The van der Waals surface area contributed by atoms with Crippen LogP contribution in [0.25, 0.3) is 0 Å². The van der Waals surface area contributed by atoms with Crippen molar-refractivity contribution >= 4 is 29.1 Å². The van der Waals surface area contributed by atoms with Crippen LogP contribution in [0.15, 0.2) is 24.3 Å². The molecule has 0 aliphatic carbocycles. The Bertz CT molecular complexity index is 490. The van der Waals surface area contributed by atoms with Crippen LogP contribution in [0.4, 0.5) is 5.69 Å². The molecule has 0 saturated carbocycles. The molecule has 0 radical (unpaired) electrons. The Kier molecular flexibility index (Phi) is 4.43. The summed E-state index contributed by atoms with van der Waals surface area (Å²) in [5.74, 6) is -0.336. The zero-order valence-electron chi connectivity index (χ0n) is 10.9. The lowest BCUT2D eigenvalue weighted by Gasteiger charge is -2.16. The topological polar surface area (TPSA) is 49.4 Å². The minimum absolute atomic E-state index is 0.0288. The molecule has 1 aliphatic heterocycles. The molecule has 2 rings (SSSR count). The average molecular weight is 281 g/mol. The van der Waals surface area contributed by atoms with E-state index in [0.29, 0.717) is 18.1 Å². The van der Waals surface area contributed by atoms with Crippen molar-refractivity contribution in [2.45, 2.75) is 19.8 Å². The average Bonchev–Trinajstić information content (AvgIpc) is 2.78. The lowest BCUT2D eigenvalue weighted by Crippen LogP contribution is -2.33. The Hall–Kier alpha value is -1.55. The molecule has 2 amide bonds. The number of carbonyl (C=O) groups excluding carboxylic acids is 2. The van der Waals surface area contributed by atoms with Crippen molar-refractivity contribution in [3.8, 4) is 0 Å². The van der Waals surface area contributed by atoms with Crippen LogP contribution < -0.4 is 10.2 Å². The van der Waals surface area contributed by atoms with E-state index in [0.717, 1.165) is 12.1 Å². The Balaban J connectivity index is 2.05. The van der Waals surface area contributed by atoms with E-state index in [9.17, 15) is 9.59 Å². The van der Waals surface area contributed by atoms with Crippen molar-refractivity contribution in [3.05, 3.63) is 29.3 Å². The highest BCUT2D eigenvalue weighted by Gasteiger charge is 2.34. The van der Waals surface area contributed by atoms with E-state index >= 15 is 0 Å².